The highest BCUT2D eigenvalue weighted by atomic mass is 35.5. The van der Waals surface area contributed by atoms with Gasteiger partial charge in [-0.25, -0.2) is 0 Å². The average molecular weight is 304 g/mol. The monoisotopic (exact) mass is 303 g/mol. The molecule has 102 valence electrons. The summed E-state index contributed by atoms with van der Waals surface area (Å²) in [5, 5.41) is 12.5. The average Bonchev–Trinajstić information content (AvgIpc) is 2.83. The lowest BCUT2D eigenvalue weighted by Gasteiger charge is -2.08. The van der Waals surface area contributed by atoms with E-state index < -0.39 is 6.10 Å². The van der Waals surface area contributed by atoms with Crippen LogP contribution < -0.4 is 0 Å². The number of aromatic nitrogens is 1. The number of aliphatic hydroxyl groups is 1. The molecule has 0 saturated carbocycles. The number of hydrogen-bond acceptors (Lipinski definition) is 2. The van der Waals surface area contributed by atoms with Gasteiger partial charge in [0.25, 0.3) is 0 Å². The van der Waals surface area contributed by atoms with Gasteiger partial charge >= 0.3 is 0 Å². The second kappa shape index (κ2) is 5.52. The molecule has 3 aromatic rings. The number of para-hydroxylation sites is 1. The van der Waals surface area contributed by atoms with Gasteiger partial charge in [0.15, 0.2) is 0 Å². The van der Waals surface area contributed by atoms with Gasteiger partial charge in [0, 0.05) is 15.8 Å². The first-order valence-electron chi connectivity index (χ1n) is 6.36. The lowest BCUT2D eigenvalue weighted by Crippen LogP contribution is -1.90. The molecule has 0 saturated heterocycles. The summed E-state index contributed by atoms with van der Waals surface area (Å²) >= 11 is 7.87. The van der Waals surface area contributed by atoms with Gasteiger partial charge in [-0.05, 0) is 36.8 Å². The van der Waals surface area contributed by atoms with Crippen LogP contribution in [0, 0.1) is 0 Å². The van der Waals surface area contributed by atoms with Crippen molar-refractivity contribution in [2.75, 3.05) is 0 Å². The third-order valence-corrected chi connectivity index (χ3v) is 4.60. The fraction of sp³-hybridized carbons (Fsp3) is 0.125. The number of aliphatic hydroxyl groups excluding tert-OH is 1. The molecule has 0 radical (unpaired) electrons. The molecule has 0 bridgehead atoms. The van der Waals surface area contributed by atoms with Gasteiger partial charge in [0.05, 0.1) is 16.2 Å². The summed E-state index contributed by atoms with van der Waals surface area (Å²) in [6, 6.07) is 15.9. The summed E-state index contributed by atoms with van der Waals surface area (Å²) < 4.78 is 0. The topological polar surface area (TPSA) is 36.0 Å². The summed E-state index contributed by atoms with van der Waals surface area (Å²) in [5.74, 6) is 0. The SMILES string of the molecule is CC(O)c1ccc(Sc2cc3ccccc3[nH]2)c(Cl)c1. The molecule has 2 N–H and O–H groups in total. The lowest BCUT2D eigenvalue weighted by molar-refractivity contribution is 0.199. The Bertz CT molecular complexity index is 718. The Labute approximate surface area is 126 Å². The van der Waals surface area contributed by atoms with Gasteiger partial charge in [0.2, 0.25) is 0 Å². The van der Waals surface area contributed by atoms with Crippen molar-refractivity contribution < 1.29 is 5.11 Å². The number of fused-ring (bicyclic) bond motifs is 1. The molecule has 0 fully saturated rings. The van der Waals surface area contributed by atoms with Gasteiger partial charge < -0.3 is 10.1 Å². The molecule has 2 nitrogen and oxygen atoms in total. The highest BCUT2D eigenvalue weighted by molar-refractivity contribution is 7.99. The van der Waals surface area contributed by atoms with Crippen molar-refractivity contribution in [2.45, 2.75) is 22.9 Å². The van der Waals surface area contributed by atoms with E-state index in [0.717, 1.165) is 21.0 Å². The van der Waals surface area contributed by atoms with E-state index in [1.54, 1.807) is 18.7 Å². The van der Waals surface area contributed by atoms with E-state index in [-0.39, 0.29) is 0 Å². The maximum Gasteiger partial charge on any atom is 0.0781 e. The Morgan fingerprint density at radius 1 is 1.15 bits per heavy atom. The third kappa shape index (κ3) is 2.70. The first-order chi connectivity index (χ1) is 9.63. The van der Waals surface area contributed by atoms with Crippen LogP contribution in [0.4, 0.5) is 0 Å². The van der Waals surface area contributed by atoms with Crippen LogP contribution in [-0.4, -0.2) is 10.1 Å². The lowest BCUT2D eigenvalue weighted by atomic mass is 10.1. The van der Waals surface area contributed by atoms with E-state index in [2.05, 4.69) is 23.2 Å². The second-order valence-corrected chi connectivity index (χ2v) is 6.18. The van der Waals surface area contributed by atoms with Gasteiger partial charge in [-0.3, -0.25) is 0 Å². The predicted octanol–water partition coefficient (Wildman–Crippen LogP) is 5.03. The van der Waals surface area contributed by atoms with Crippen LogP contribution in [0.5, 0.6) is 0 Å². The zero-order chi connectivity index (χ0) is 14.1. The van der Waals surface area contributed by atoms with Crippen molar-refractivity contribution >= 4 is 34.3 Å². The highest BCUT2D eigenvalue weighted by Crippen LogP contribution is 2.35. The molecule has 0 aliphatic heterocycles. The Hall–Kier alpha value is -1.42. The number of rotatable bonds is 3. The zero-order valence-electron chi connectivity index (χ0n) is 10.9. The summed E-state index contributed by atoms with van der Waals surface area (Å²) in [7, 11) is 0. The summed E-state index contributed by atoms with van der Waals surface area (Å²) in [4.78, 5) is 4.34. The van der Waals surface area contributed by atoms with Crippen molar-refractivity contribution in [1.29, 1.82) is 0 Å². The normalized spacial score (nSPS) is 12.8. The first kappa shape index (κ1) is 13.6. The van der Waals surface area contributed by atoms with Crippen LogP contribution in [0.3, 0.4) is 0 Å². The van der Waals surface area contributed by atoms with E-state index in [9.17, 15) is 5.11 Å². The predicted molar refractivity (Wildman–Crippen MR) is 84.5 cm³/mol. The Morgan fingerprint density at radius 3 is 2.65 bits per heavy atom. The number of H-pyrrole nitrogens is 1. The van der Waals surface area contributed by atoms with Crippen molar-refractivity contribution in [3.8, 4) is 0 Å². The highest BCUT2D eigenvalue weighted by Gasteiger charge is 2.08. The number of benzene rings is 2. The van der Waals surface area contributed by atoms with E-state index in [1.165, 1.54) is 5.39 Å². The van der Waals surface area contributed by atoms with Crippen LogP contribution in [0.2, 0.25) is 5.02 Å². The smallest absolute Gasteiger partial charge is 0.0781 e. The zero-order valence-corrected chi connectivity index (χ0v) is 12.5. The van der Waals surface area contributed by atoms with Crippen LogP contribution >= 0.6 is 23.4 Å². The second-order valence-electron chi connectivity index (χ2n) is 4.69. The molecule has 0 aliphatic rings. The van der Waals surface area contributed by atoms with Gasteiger partial charge in [-0.1, -0.05) is 47.6 Å². The van der Waals surface area contributed by atoms with Crippen molar-refractivity contribution in [3.05, 3.63) is 59.1 Å². The van der Waals surface area contributed by atoms with Gasteiger partial charge in [-0.15, -0.1) is 0 Å². The van der Waals surface area contributed by atoms with E-state index in [1.807, 2.05) is 30.3 Å². The molecule has 0 amide bonds. The molecule has 3 rings (SSSR count). The minimum atomic E-state index is -0.500. The maximum absolute atomic E-state index is 9.55. The maximum atomic E-state index is 9.55. The number of aromatic amines is 1. The van der Waals surface area contributed by atoms with Crippen molar-refractivity contribution in [2.24, 2.45) is 0 Å². The largest absolute Gasteiger partial charge is 0.389 e. The molecule has 2 aromatic carbocycles. The van der Waals surface area contributed by atoms with Crippen LogP contribution in [0.15, 0.2) is 58.5 Å². The molecule has 1 aromatic heterocycles. The quantitative estimate of drug-likeness (QED) is 0.712. The van der Waals surface area contributed by atoms with Crippen LogP contribution in [0.1, 0.15) is 18.6 Å². The Kier molecular flexibility index (Phi) is 3.74. The standard InChI is InChI=1S/C16H14ClNOS/c1-10(19)11-6-7-15(13(17)8-11)20-16-9-12-4-2-3-5-14(12)18-16/h2-10,18-19H,1H3. The number of hydrogen-bond donors (Lipinski definition) is 2. The van der Waals surface area contributed by atoms with Crippen molar-refractivity contribution in [1.82, 2.24) is 4.98 Å². The molecular weight excluding hydrogens is 290 g/mol. The molecule has 1 unspecified atom stereocenters. The number of halogens is 1. The Balaban J connectivity index is 1.90. The van der Waals surface area contributed by atoms with Gasteiger partial charge in [0.1, 0.15) is 0 Å². The fourth-order valence-corrected chi connectivity index (χ4v) is 3.26. The molecule has 1 atom stereocenters. The molecule has 0 spiro atoms. The molecular formula is C16H14ClNOS. The summed E-state index contributed by atoms with van der Waals surface area (Å²) in [5.41, 5.74) is 1.95. The molecule has 4 heteroatoms. The van der Waals surface area contributed by atoms with Crippen molar-refractivity contribution in [3.63, 3.8) is 0 Å². The van der Waals surface area contributed by atoms with E-state index in [0.29, 0.717) is 5.02 Å². The third-order valence-electron chi connectivity index (χ3n) is 3.16. The van der Waals surface area contributed by atoms with Crippen LogP contribution in [0.25, 0.3) is 10.9 Å². The summed E-state index contributed by atoms with van der Waals surface area (Å²) in [6.45, 7) is 1.73. The minimum Gasteiger partial charge on any atom is -0.389 e. The van der Waals surface area contributed by atoms with E-state index >= 15 is 0 Å². The molecule has 20 heavy (non-hydrogen) atoms. The Morgan fingerprint density at radius 2 is 1.95 bits per heavy atom. The first-order valence-corrected chi connectivity index (χ1v) is 7.56. The van der Waals surface area contributed by atoms with E-state index in [4.69, 9.17) is 11.6 Å². The molecule has 1 heterocycles. The summed E-state index contributed by atoms with van der Waals surface area (Å²) in [6.07, 6.45) is -0.500. The minimum absolute atomic E-state index is 0.500. The molecule has 0 aliphatic carbocycles. The van der Waals surface area contributed by atoms with Crippen LogP contribution in [-0.2, 0) is 0 Å². The number of nitrogens with one attached hydrogen (secondary N) is 1. The van der Waals surface area contributed by atoms with Gasteiger partial charge in [-0.2, -0.15) is 0 Å². The fourth-order valence-electron chi connectivity index (χ4n) is 2.08.